The van der Waals surface area contributed by atoms with Crippen LogP contribution in [0.2, 0.25) is 0 Å². The minimum absolute atomic E-state index is 0.0455. The zero-order valence-corrected chi connectivity index (χ0v) is 16.0. The van der Waals surface area contributed by atoms with Crippen molar-refractivity contribution < 1.29 is 14.3 Å². The van der Waals surface area contributed by atoms with E-state index in [2.05, 4.69) is 28.8 Å². The van der Waals surface area contributed by atoms with E-state index in [1.807, 2.05) is 31.2 Å². The fourth-order valence-electron chi connectivity index (χ4n) is 3.87. The number of carbonyl (C=O) groups is 2. The molecular formula is C22H25N3O3. The first-order chi connectivity index (χ1) is 13.7. The van der Waals surface area contributed by atoms with Gasteiger partial charge in [-0.25, -0.2) is 0 Å². The summed E-state index contributed by atoms with van der Waals surface area (Å²) in [6, 6.07) is 13.8. The van der Waals surface area contributed by atoms with Gasteiger partial charge in [0, 0.05) is 32.6 Å². The molecule has 1 fully saturated rings. The number of ether oxygens (including phenoxy) is 1. The predicted octanol–water partition coefficient (Wildman–Crippen LogP) is 2.36. The third-order valence-electron chi connectivity index (χ3n) is 5.32. The van der Waals surface area contributed by atoms with Crippen LogP contribution in [0.4, 0.5) is 5.69 Å². The second-order valence-corrected chi connectivity index (χ2v) is 7.23. The van der Waals surface area contributed by atoms with Gasteiger partial charge < -0.3 is 20.3 Å². The van der Waals surface area contributed by atoms with E-state index in [1.165, 1.54) is 11.1 Å². The topological polar surface area (TPSA) is 70.7 Å². The summed E-state index contributed by atoms with van der Waals surface area (Å²) in [5.74, 6) is 0.198. The largest absolute Gasteiger partial charge is 0.492 e. The van der Waals surface area contributed by atoms with Gasteiger partial charge in [-0.15, -0.1) is 0 Å². The number of anilines is 1. The highest BCUT2D eigenvalue weighted by molar-refractivity contribution is 6.01. The van der Waals surface area contributed by atoms with Crippen molar-refractivity contribution in [2.24, 2.45) is 5.92 Å². The first-order valence-electron chi connectivity index (χ1n) is 9.77. The van der Waals surface area contributed by atoms with Crippen molar-refractivity contribution in [2.75, 3.05) is 18.1 Å². The van der Waals surface area contributed by atoms with Crippen LogP contribution < -0.4 is 20.3 Å². The molecule has 1 atom stereocenters. The molecule has 0 aliphatic carbocycles. The number of hydrogen-bond acceptors (Lipinski definition) is 4. The van der Waals surface area contributed by atoms with Crippen LogP contribution in [0.25, 0.3) is 0 Å². The number of rotatable bonds is 6. The molecule has 1 unspecified atom stereocenters. The zero-order chi connectivity index (χ0) is 19.5. The molecule has 2 amide bonds. The summed E-state index contributed by atoms with van der Waals surface area (Å²) in [5, 5.41) is 6.32. The van der Waals surface area contributed by atoms with Gasteiger partial charge in [-0.2, -0.15) is 0 Å². The number of nitrogens with one attached hydrogen (secondary N) is 2. The molecule has 2 heterocycles. The van der Waals surface area contributed by atoms with Crippen LogP contribution in [-0.2, 0) is 29.2 Å². The average molecular weight is 379 g/mol. The fourth-order valence-corrected chi connectivity index (χ4v) is 3.87. The molecule has 146 valence electrons. The maximum Gasteiger partial charge on any atom is 0.227 e. The second-order valence-electron chi connectivity index (χ2n) is 7.23. The molecule has 4 rings (SSSR count). The SMILES string of the molecule is CCOc1ccccc1N1CC(C(=O)NCc2ccc3c(c2)CNC3)CC1=O. The minimum atomic E-state index is -0.349. The Labute approximate surface area is 164 Å². The number of benzene rings is 2. The highest BCUT2D eigenvalue weighted by atomic mass is 16.5. The number of carbonyl (C=O) groups excluding carboxylic acids is 2. The maximum absolute atomic E-state index is 12.7. The Bertz CT molecular complexity index is 896. The van der Waals surface area contributed by atoms with Crippen molar-refractivity contribution in [1.29, 1.82) is 0 Å². The molecule has 1 saturated heterocycles. The summed E-state index contributed by atoms with van der Waals surface area (Å²) < 4.78 is 5.64. The van der Waals surface area contributed by atoms with Gasteiger partial charge in [0.05, 0.1) is 18.2 Å². The zero-order valence-electron chi connectivity index (χ0n) is 16.0. The molecule has 2 aromatic carbocycles. The van der Waals surface area contributed by atoms with Gasteiger partial charge >= 0.3 is 0 Å². The number of para-hydroxylation sites is 2. The van der Waals surface area contributed by atoms with Crippen molar-refractivity contribution in [3.8, 4) is 5.75 Å². The van der Waals surface area contributed by atoms with Crippen LogP contribution in [-0.4, -0.2) is 25.0 Å². The predicted molar refractivity (Wildman–Crippen MR) is 107 cm³/mol. The van der Waals surface area contributed by atoms with Crippen molar-refractivity contribution in [1.82, 2.24) is 10.6 Å². The van der Waals surface area contributed by atoms with E-state index >= 15 is 0 Å². The summed E-state index contributed by atoms with van der Waals surface area (Å²) >= 11 is 0. The van der Waals surface area contributed by atoms with E-state index in [9.17, 15) is 9.59 Å². The van der Waals surface area contributed by atoms with E-state index in [4.69, 9.17) is 4.74 Å². The summed E-state index contributed by atoms with van der Waals surface area (Å²) in [5.41, 5.74) is 4.43. The molecule has 0 spiro atoms. The minimum Gasteiger partial charge on any atom is -0.492 e. The van der Waals surface area contributed by atoms with Crippen LogP contribution >= 0.6 is 0 Å². The smallest absolute Gasteiger partial charge is 0.227 e. The van der Waals surface area contributed by atoms with E-state index in [0.717, 1.165) is 24.3 Å². The van der Waals surface area contributed by atoms with Crippen molar-refractivity contribution in [3.05, 3.63) is 59.2 Å². The van der Waals surface area contributed by atoms with E-state index in [0.29, 0.717) is 25.4 Å². The molecule has 0 bridgehead atoms. The molecule has 2 aliphatic rings. The maximum atomic E-state index is 12.7. The fraction of sp³-hybridized carbons (Fsp3) is 0.364. The van der Waals surface area contributed by atoms with Gasteiger partial charge in [0.25, 0.3) is 0 Å². The highest BCUT2D eigenvalue weighted by Crippen LogP contribution is 2.33. The highest BCUT2D eigenvalue weighted by Gasteiger charge is 2.36. The van der Waals surface area contributed by atoms with Gasteiger partial charge in [-0.3, -0.25) is 9.59 Å². The molecule has 2 aromatic rings. The Hall–Kier alpha value is -2.86. The molecule has 28 heavy (non-hydrogen) atoms. The Morgan fingerprint density at radius 3 is 2.89 bits per heavy atom. The lowest BCUT2D eigenvalue weighted by molar-refractivity contribution is -0.126. The molecule has 6 heteroatoms. The quantitative estimate of drug-likeness (QED) is 0.808. The summed E-state index contributed by atoms with van der Waals surface area (Å²) in [6.45, 7) is 5.08. The number of fused-ring (bicyclic) bond motifs is 1. The average Bonchev–Trinajstić information content (AvgIpc) is 3.33. The third kappa shape index (κ3) is 3.73. The van der Waals surface area contributed by atoms with Gasteiger partial charge in [0.2, 0.25) is 11.8 Å². The van der Waals surface area contributed by atoms with Crippen molar-refractivity contribution >= 4 is 17.5 Å². The second kappa shape index (κ2) is 8.02. The van der Waals surface area contributed by atoms with E-state index < -0.39 is 0 Å². The molecule has 0 saturated carbocycles. The summed E-state index contributed by atoms with van der Waals surface area (Å²) in [4.78, 5) is 26.8. The lowest BCUT2D eigenvalue weighted by Crippen LogP contribution is -2.32. The Kier molecular flexibility index (Phi) is 5.30. The number of hydrogen-bond donors (Lipinski definition) is 2. The standard InChI is InChI=1S/C22H25N3O3/c1-2-28-20-6-4-3-5-19(20)25-14-18(10-21(25)26)22(27)24-11-15-7-8-16-12-23-13-17(16)9-15/h3-9,18,23H,2,10-14H2,1H3,(H,24,27). The third-order valence-corrected chi connectivity index (χ3v) is 5.32. The Morgan fingerprint density at radius 2 is 2.04 bits per heavy atom. The Balaban J connectivity index is 1.39. The van der Waals surface area contributed by atoms with Crippen LogP contribution in [0.1, 0.15) is 30.0 Å². The van der Waals surface area contributed by atoms with Gasteiger partial charge in [-0.1, -0.05) is 30.3 Å². The molecular weight excluding hydrogens is 354 g/mol. The van der Waals surface area contributed by atoms with Crippen LogP contribution in [0.15, 0.2) is 42.5 Å². The lowest BCUT2D eigenvalue weighted by atomic mass is 10.1. The number of nitrogens with zero attached hydrogens (tertiary/aromatic N) is 1. The van der Waals surface area contributed by atoms with E-state index in [1.54, 1.807) is 4.90 Å². The van der Waals surface area contributed by atoms with Gasteiger partial charge in [0.15, 0.2) is 0 Å². The molecule has 2 aliphatic heterocycles. The first-order valence-corrected chi connectivity index (χ1v) is 9.77. The van der Waals surface area contributed by atoms with Crippen LogP contribution in [0, 0.1) is 5.92 Å². The molecule has 0 aromatic heterocycles. The summed E-state index contributed by atoms with van der Waals surface area (Å²) in [7, 11) is 0. The molecule has 6 nitrogen and oxygen atoms in total. The summed E-state index contributed by atoms with van der Waals surface area (Å²) in [6.07, 6.45) is 0.223. The molecule has 2 N–H and O–H groups in total. The molecule has 0 radical (unpaired) electrons. The lowest BCUT2D eigenvalue weighted by Gasteiger charge is -2.20. The Morgan fingerprint density at radius 1 is 1.21 bits per heavy atom. The van der Waals surface area contributed by atoms with Crippen molar-refractivity contribution in [3.63, 3.8) is 0 Å². The van der Waals surface area contributed by atoms with Crippen LogP contribution in [0.3, 0.4) is 0 Å². The normalized spacial score (nSPS) is 18.2. The first kappa shape index (κ1) is 18.5. The van der Waals surface area contributed by atoms with Gasteiger partial charge in [-0.05, 0) is 35.7 Å². The monoisotopic (exact) mass is 379 g/mol. The van der Waals surface area contributed by atoms with Crippen LogP contribution in [0.5, 0.6) is 5.75 Å². The van der Waals surface area contributed by atoms with Gasteiger partial charge in [0.1, 0.15) is 5.75 Å². The number of amides is 2. The van der Waals surface area contributed by atoms with E-state index in [-0.39, 0.29) is 24.2 Å². The van der Waals surface area contributed by atoms with Crippen molar-refractivity contribution in [2.45, 2.75) is 33.0 Å².